The molecule has 1 unspecified atom stereocenters. The summed E-state index contributed by atoms with van der Waals surface area (Å²) in [5.74, 6) is 0.702. The lowest BCUT2D eigenvalue weighted by Crippen LogP contribution is -2.09. The Morgan fingerprint density at radius 3 is 2.91 bits per heavy atom. The van der Waals surface area contributed by atoms with E-state index >= 15 is 0 Å². The maximum Gasteiger partial charge on any atom is 0.0528 e. The van der Waals surface area contributed by atoms with E-state index in [1.165, 1.54) is 19.3 Å². The van der Waals surface area contributed by atoms with E-state index in [0.717, 1.165) is 13.2 Å². The summed E-state index contributed by atoms with van der Waals surface area (Å²) >= 11 is 0. The Hall–Kier alpha value is -0.340. The number of rotatable bonds is 3. The predicted molar refractivity (Wildman–Crippen MR) is 46.6 cm³/mol. The van der Waals surface area contributed by atoms with Crippen molar-refractivity contribution in [3.05, 3.63) is 12.2 Å². The monoisotopic (exact) mass is 158 g/mol. The van der Waals surface area contributed by atoms with Gasteiger partial charge in [-0.3, -0.25) is 0 Å². The second-order valence-corrected chi connectivity index (χ2v) is 2.78. The summed E-state index contributed by atoms with van der Waals surface area (Å²) in [4.78, 5) is 0. The maximum absolute atomic E-state index is 5.32. The van der Waals surface area contributed by atoms with Crippen molar-refractivity contribution in [3.8, 4) is 0 Å². The zero-order chi connectivity index (χ0) is 7.23. The van der Waals surface area contributed by atoms with Crippen LogP contribution in [0, 0.1) is 5.92 Å². The van der Waals surface area contributed by atoms with Crippen LogP contribution < -0.4 is 0 Å². The zero-order valence-corrected chi connectivity index (χ0v) is 7.18. The molecule has 2 nitrogen and oxygen atoms in total. The van der Waals surface area contributed by atoms with Gasteiger partial charge in [0.15, 0.2) is 0 Å². The molecule has 0 spiro atoms. The summed E-state index contributed by atoms with van der Waals surface area (Å²) in [6, 6.07) is 0. The molecule has 0 heterocycles. The lowest BCUT2D eigenvalue weighted by Gasteiger charge is -2.15. The molecule has 0 bridgehead atoms. The molecule has 66 valence electrons. The van der Waals surface area contributed by atoms with Crippen LogP contribution in [-0.4, -0.2) is 18.7 Å². The van der Waals surface area contributed by atoms with Gasteiger partial charge in [0.05, 0.1) is 6.61 Å². The van der Waals surface area contributed by atoms with E-state index in [-0.39, 0.29) is 5.48 Å². The third-order valence-corrected chi connectivity index (χ3v) is 1.89. The highest BCUT2D eigenvalue weighted by Gasteiger charge is 2.06. The smallest absolute Gasteiger partial charge is 0.0528 e. The van der Waals surface area contributed by atoms with Gasteiger partial charge in [-0.25, -0.2) is 0 Å². The zero-order valence-electron chi connectivity index (χ0n) is 7.18. The summed E-state index contributed by atoms with van der Waals surface area (Å²) in [5, 5.41) is 0. The first-order valence-corrected chi connectivity index (χ1v) is 4.18. The van der Waals surface area contributed by atoms with Crippen molar-refractivity contribution in [1.29, 1.82) is 0 Å². The van der Waals surface area contributed by atoms with Gasteiger partial charge in [0.25, 0.3) is 0 Å². The largest absolute Gasteiger partial charge is 0.412 e. The van der Waals surface area contributed by atoms with Crippen LogP contribution in [0.15, 0.2) is 12.2 Å². The maximum atomic E-state index is 5.32. The average molecular weight is 158 g/mol. The highest BCUT2D eigenvalue weighted by Crippen LogP contribution is 2.16. The minimum atomic E-state index is 0. The highest BCUT2D eigenvalue weighted by molar-refractivity contribution is 4.92. The molecular weight excluding hydrogens is 140 g/mol. The Kier molecular flexibility index (Phi) is 6.18. The summed E-state index contributed by atoms with van der Waals surface area (Å²) in [7, 11) is 0. The van der Waals surface area contributed by atoms with Gasteiger partial charge in [0.1, 0.15) is 0 Å². The molecule has 0 amide bonds. The van der Waals surface area contributed by atoms with E-state index in [4.69, 9.17) is 4.74 Å². The number of allylic oxidation sites excluding steroid dienone is 1. The number of ether oxygens (including phenoxy) is 1. The standard InChI is InChI=1S/C9H16O.H2O/c1-2-10-8-9-6-4-3-5-7-9;/h4,6,9H,2-3,5,7-8H2,1H3;1H2. The van der Waals surface area contributed by atoms with Crippen LogP contribution in [0.5, 0.6) is 0 Å². The van der Waals surface area contributed by atoms with Crippen LogP contribution >= 0.6 is 0 Å². The van der Waals surface area contributed by atoms with E-state index < -0.39 is 0 Å². The summed E-state index contributed by atoms with van der Waals surface area (Å²) < 4.78 is 5.32. The molecule has 1 rings (SSSR count). The Balaban J connectivity index is 0.000001000. The highest BCUT2D eigenvalue weighted by atomic mass is 16.5. The fourth-order valence-corrected chi connectivity index (χ4v) is 1.29. The van der Waals surface area contributed by atoms with Gasteiger partial charge in [-0.05, 0) is 26.2 Å². The topological polar surface area (TPSA) is 40.7 Å². The van der Waals surface area contributed by atoms with Gasteiger partial charge in [0, 0.05) is 12.5 Å². The molecule has 2 N–H and O–H groups in total. The average Bonchev–Trinajstić information content (AvgIpc) is 2.03. The molecule has 1 aliphatic rings. The molecule has 0 radical (unpaired) electrons. The van der Waals surface area contributed by atoms with Crippen molar-refractivity contribution < 1.29 is 10.2 Å². The Labute approximate surface area is 68.6 Å². The van der Waals surface area contributed by atoms with Crippen LogP contribution in [-0.2, 0) is 4.74 Å². The van der Waals surface area contributed by atoms with E-state index in [1.807, 2.05) is 6.92 Å². The van der Waals surface area contributed by atoms with Crippen LogP contribution in [0.2, 0.25) is 0 Å². The van der Waals surface area contributed by atoms with Gasteiger partial charge in [0.2, 0.25) is 0 Å². The van der Waals surface area contributed by atoms with Crippen molar-refractivity contribution in [3.63, 3.8) is 0 Å². The first-order valence-electron chi connectivity index (χ1n) is 4.18. The fourth-order valence-electron chi connectivity index (χ4n) is 1.29. The van der Waals surface area contributed by atoms with Gasteiger partial charge in [-0.2, -0.15) is 0 Å². The Morgan fingerprint density at radius 2 is 2.36 bits per heavy atom. The van der Waals surface area contributed by atoms with Crippen LogP contribution in [0.3, 0.4) is 0 Å². The quantitative estimate of drug-likeness (QED) is 0.574. The molecule has 0 saturated carbocycles. The normalized spacial score (nSPS) is 22.8. The predicted octanol–water partition coefficient (Wildman–Crippen LogP) is 1.55. The third-order valence-electron chi connectivity index (χ3n) is 1.89. The minimum absolute atomic E-state index is 0. The lowest BCUT2D eigenvalue weighted by atomic mass is 9.97. The lowest BCUT2D eigenvalue weighted by molar-refractivity contribution is 0.120. The molecule has 1 aliphatic carbocycles. The van der Waals surface area contributed by atoms with Crippen molar-refractivity contribution >= 4 is 0 Å². The van der Waals surface area contributed by atoms with Gasteiger partial charge < -0.3 is 10.2 Å². The van der Waals surface area contributed by atoms with Crippen molar-refractivity contribution in [2.24, 2.45) is 5.92 Å². The van der Waals surface area contributed by atoms with Crippen molar-refractivity contribution in [1.82, 2.24) is 0 Å². The molecule has 2 heteroatoms. The molecule has 11 heavy (non-hydrogen) atoms. The molecule has 0 saturated heterocycles. The van der Waals surface area contributed by atoms with Crippen molar-refractivity contribution in [2.75, 3.05) is 13.2 Å². The van der Waals surface area contributed by atoms with Gasteiger partial charge in [-0.1, -0.05) is 12.2 Å². The molecule has 0 fully saturated rings. The second kappa shape index (κ2) is 6.38. The SMILES string of the molecule is CCOCC1C=CCCC1.O. The van der Waals surface area contributed by atoms with E-state index in [9.17, 15) is 0 Å². The first-order chi connectivity index (χ1) is 4.93. The molecule has 0 aliphatic heterocycles. The number of hydrogen-bond acceptors (Lipinski definition) is 1. The summed E-state index contributed by atoms with van der Waals surface area (Å²) in [6.07, 6.45) is 8.49. The summed E-state index contributed by atoms with van der Waals surface area (Å²) in [6.45, 7) is 3.82. The Bertz CT molecular complexity index is 110. The number of hydrogen-bond donors (Lipinski definition) is 0. The van der Waals surface area contributed by atoms with E-state index in [0.29, 0.717) is 5.92 Å². The minimum Gasteiger partial charge on any atom is -0.412 e. The molecule has 0 aromatic carbocycles. The molecule has 0 aromatic heterocycles. The molecule has 0 aromatic rings. The second-order valence-electron chi connectivity index (χ2n) is 2.78. The fraction of sp³-hybridized carbons (Fsp3) is 0.778. The first kappa shape index (κ1) is 10.7. The molecular formula is C9H18O2. The van der Waals surface area contributed by atoms with E-state index in [1.54, 1.807) is 0 Å². The van der Waals surface area contributed by atoms with Crippen LogP contribution in [0.4, 0.5) is 0 Å². The van der Waals surface area contributed by atoms with Crippen LogP contribution in [0.25, 0.3) is 0 Å². The third kappa shape index (κ3) is 4.17. The van der Waals surface area contributed by atoms with Gasteiger partial charge in [-0.15, -0.1) is 0 Å². The summed E-state index contributed by atoms with van der Waals surface area (Å²) in [5.41, 5.74) is 0. The Morgan fingerprint density at radius 1 is 1.55 bits per heavy atom. The molecule has 1 atom stereocenters. The van der Waals surface area contributed by atoms with Crippen LogP contribution in [0.1, 0.15) is 26.2 Å². The van der Waals surface area contributed by atoms with Gasteiger partial charge >= 0.3 is 0 Å². The van der Waals surface area contributed by atoms with Crippen molar-refractivity contribution in [2.45, 2.75) is 26.2 Å². The van der Waals surface area contributed by atoms with E-state index in [2.05, 4.69) is 12.2 Å².